The second-order valence-corrected chi connectivity index (χ2v) is 3.60. The fourth-order valence-electron chi connectivity index (χ4n) is 1.68. The molecule has 76 valence electrons. The van der Waals surface area contributed by atoms with Gasteiger partial charge in [-0.05, 0) is 19.4 Å². The van der Waals surface area contributed by atoms with Crippen molar-refractivity contribution in [3.05, 3.63) is 18.6 Å². The third-order valence-corrected chi connectivity index (χ3v) is 2.66. The first-order valence-electron chi connectivity index (χ1n) is 4.98. The number of hydrogen-bond acceptors (Lipinski definition) is 4. The van der Waals surface area contributed by atoms with E-state index in [-0.39, 0.29) is 0 Å². The average molecular weight is 193 g/mol. The van der Waals surface area contributed by atoms with Gasteiger partial charge in [0.05, 0.1) is 6.10 Å². The van der Waals surface area contributed by atoms with Crippen LogP contribution in [0.25, 0.3) is 0 Å². The molecule has 0 saturated carbocycles. The van der Waals surface area contributed by atoms with Gasteiger partial charge in [0.25, 0.3) is 0 Å². The Morgan fingerprint density at radius 1 is 1.64 bits per heavy atom. The molecule has 0 amide bonds. The number of anilines is 1. The van der Waals surface area contributed by atoms with Gasteiger partial charge >= 0.3 is 0 Å². The lowest BCUT2D eigenvalue weighted by molar-refractivity contribution is 0.108. The van der Waals surface area contributed by atoms with Crippen molar-refractivity contribution >= 4 is 5.82 Å². The topological polar surface area (TPSA) is 47.0 Å². The van der Waals surface area contributed by atoms with Crippen molar-refractivity contribution < 1.29 is 4.74 Å². The first-order valence-corrected chi connectivity index (χ1v) is 4.98. The van der Waals surface area contributed by atoms with Crippen LogP contribution in [0.3, 0.4) is 0 Å². The highest BCUT2D eigenvalue weighted by molar-refractivity contribution is 5.31. The molecule has 1 aliphatic heterocycles. The van der Waals surface area contributed by atoms with Crippen LogP contribution < -0.4 is 5.32 Å². The highest BCUT2D eigenvalue weighted by atomic mass is 16.5. The number of hydrogen-bond donors (Lipinski definition) is 1. The molecule has 2 atom stereocenters. The smallest absolute Gasteiger partial charge is 0.129 e. The molecule has 1 aromatic rings. The Morgan fingerprint density at radius 2 is 2.57 bits per heavy atom. The second kappa shape index (κ2) is 4.37. The van der Waals surface area contributed by atoms with E-state index in [0.29, 0.717) is 12.0 Å². The van der Waals surface area contributed by atoms with Crippen molar-refractivity contribution in [3.8, 4) is 0 Å². The third-order valence-electron chi connectivity index (χ3n) is 2.66. The summed E-state index contributed by atoms with van der Waals surface area (Å²) in [5.41, 5.74) is 0. The quantitative estimate of drug-likeness (QED) is 0.786. The van der Waals surface area contributed by atoms with Gasteiger partial charge in [0.15, 0.2) is 0 Å². The van der Waals surface area contributed by atoms with Crippen LogP contribution in [0.1, 0.15) is 13.3 Å². The van der Waals surface area contributed by atoms with Crippen molar-refractivity contribution in [1.82, 2.24) is 9.97 Å². The standard InChI is InChI=1S/C10H15N3O/c1-8-9(3-5-14-8)6-12-10-2-4-11-7-13-10/h2,4,7-9H,3,5-6H2,1H3,(H,11,12,13). The summed E-state index contributed by atoms with van der Waals surface area (Å²) in [4.78, 5) is 7.97. The molecule has 0 radical (unpaired) electrons. The first kappa shape index (κ1) is 9.40. The van der Waals surface area contributed by atoms with Crippen LogP contribution in [-0.2, 0) is 4.74 Å². The summed E-state index contributed by atoms with van der Waals surface area (Å²) in [6.07, 6.45) is 4.80. The summed E-state index contributed by atoms with van der Waals surface area (Å²) in [6, 6.07) is 1.88. The number of nitrogens with zero attached hydrogens (tertiary/aromatic N) is 2. The zero-order valence-electron chi connectivity index (χ0n) is 8.31. The van der Waals surface area contributed by atoms with Crippen LogP contribution >= 0.6 is 0 Å². The Balaban J connectivity index is 1.82. The van der Waals surface area contributed by atoms with Gasteiger partial charge in [-0.3, -0.25) is 0 Å². The minimum Gasteiger partial charge on any atom is -0.378 e. The molecule has 4 heteroatoms. The van der Waals surface area contributed by atoms with Gasteiger partial charge in [-0.2, -0.15) is 0 Å². The van der Waals surface area contributed by atoms with Crippen LogP contribution in [0, 0.1) is 5.92 Å². The van der Waals surface area contributed by atoms with Gasteiger partial charge in [0.1, 0.15) is 12.1 Å². The van der Waals surface area contributed by atoms with Crippen molar-refractivity contribution in [1.29, 1.82) is 0 Å². The number of rotatable bonds is 3. The molecule has 2 rings (SSSR count). The Kier molecular flexibility index (Phi) is 2.93. The van der Waals surface area contributed by atoms with E-state index in [2.05, 4.69) is 22.2 Å². The third kappa shape index (κ3) is 2.20. The zero-order valence-corrected chi connectivity index (χ0v) is 8.31. The molecule has 1 N–H and O–H groups in total. The molecule has 0 aromatic carbocycles. The molecule has 0 aliphatic carbocycles. The van der Waals surface area contributed by atoms with Gasteiger partial charge in [-0.1, -0.05) is 0 Å². The molecule has 2 heterocycles. The summed E-state index contributed by atoms with van der Waals surface area (Å²) < 4.78 is 5.48. The summed E-state index contributed by atoms with van der Waals surface area (Å²) in [7, 11) is 0. The van der Waals surface area contributed by atoms with Gasteiger partial charge in [0.2, 0.25) is 0 Å². The van der Waals surface area contributed by atoms with Crippen LogP contribution in [-0.4, -0.2) is 29.2 Å². The molecule has 1 saturated heterocycles. The molecule has 0 bridgehead atoms. The van der Waals surface area contributed by atoms with Crippen LogP contribution in [0.15, 0.2) is 18.6 Å². The Hall–Kier alpha value is -1.16. The van der Waals surface area contributed by atoms with Crippen molar-refractivity contribution in [2.75, 3.05) is 18.5 Å². The van der Waals surface area contributed by atoms with Crippen LogP contribution in [0.4, 0.5) is 5.82 Å². The second-order valence-electron chi connectivity index (χ2n) is 3.60. The predicted octanol–water partition coefficient (Wildman–Crippen LogP) is 1.31. The summed E-state index contributed by atoms with van der Waals surface area (Å²) >= 11 is 0. The molecule has 14 heavy (non-hydrogen) atoms. The monoisotopic (exact) mass is 193 g/mol. The predicted molar refractivity (Wildman–Crippen MR) is 54.0 cm³/mol. The van der Waals surface area contributed by atoms with E-state index in [1.165, 1.54) is 0 Å². The maximum absolute atomic E-state index is 5.48. The minimum atomic E-state index is 0.365. The molecule has 2 unspecified atom stereocenters. The van der Waals surface area contributed by atoms with Gasteiger partial charge in [-0.15, -0.1) is 0 Å². The molecule has 1 aliphatic rings. The average Bonchev–Trinajstić information content (AvgIpc) is 2.63. The normalized spacial score (nSPS) is 26.4. The highest BCUT2D eigenvalue weighted by Crippen LogP contribution is 2.20. The van der Waals surface area contributed by atoms with Crippen LogP contribution in [0.5, 0.6) is 0 Å². The molecule has 1 fully saturated rings. The van der Waals surface area contributed by atoms with E-state index in [0.717, 1.165) is 25.4 Å². The lowest BCUT2D eigenvalue weighted by atomic mass is 10.0. The highest BCUT2D eigenvalue weighted by Gasteiger charge is 2.23. The number of ether oxygens (including phenoxy) is 1. The summed E-state index contributed by atoms with van der Waals surface area (Å²) in [6.45, 7) is 3.94. The van der Waals surface area contributed by atoms with E-state index in [1.807, 2.05) is 6.07 Å². The molecular weight excluding hydrogens is 178 g/mol. The van der Waals surface area contributed by atoms with Crippen molar-refractivity contribution in [2.45, 2.75) is 19.4 Å². The Labute approximate surface area is 83.7 Å². The van der Waals surface area contributed by atoms with Gasteiger partial charge in [0, 0.05) is 25.3 Å². The van der Waals surface area contributed by atoms with Gasteiger partial charge in [-0.25, -0.2) is 9.97 Å². The Bertz CT molecular complexity index is 278. The van der Waals surface area contributed by atoms with Crippen LogP contribution in [0.2, 0.25) is 0 Å². The number of aromatic nitrogens is 2. The summed E-state index contributed by atoms with van der Waals surface area (Å²) in [5, 5.41) is 3.29. The van der Waals surface area contributed by atoms with E-state index in [9.17, 15) is 0 Å². The number of nitrogens with one attached hydrogen (secondary N) is 1. The van der Waals surface area contributed by atoms with E-state index >= 15 is 0 Å². The summed E-state index contributed by atoms with van der Waals surface area (Å²) in [5.74, 6) is 1.49. The van der Waals surface area contributed by atoms with E-state index in [1.54, 1.807) is 12.5 Å². The minimum absolute atomic E-state index is 0.365. The van der Waals surface area contributed by atoms with Gasteiger partial charge < -0.3 is 10.1 Å². The first-order chi connectivity index (χ1) is 6.86. The maximum atomic E-state index is 5.48. The zero-order chi connectivity index (χ0) is 9.80. The molecular formula is C10H15N3O. The van der Waals surface area contributed by atoms with Crippen molar-refractivity contribution in [3.63, 3.8) is 0 Å². The lowest BCUT2D eigenvalue weighted by Crippen LogP contribution is -2.21. The largest absolute Gasteiger partial charge is 0.378 e. The molecule has 0 spiro atoms. The van der Waals surface area contributed by atoms with E-state index < -0.39 is 0 Å². The maximum Gasteiger partial charge on any atom is 0.129 e. The SMILES string of the molecule is CC1OCCC1CNc1ccncn1. The van der Waals surface area contributed by atoms with E-state index in [4.69, 9.17) is 4.74 Å². The molecule has 4 nitrogen and oxygen atoms in total. The fourth-order valence-corrected chi connectivity index (χ4v) is 1.68. The fraction of sp³-hybridized carbons (Fsp3) is 0.600. The Morgan fingerprint density at radius 3 is 3.21 bits per heavy atom. The van der Waals surface area contributed by atoms with Crippen molar-refractivity contribution in [2.24, 2.45) is 5.92 Å². The molecule has 1 aromatic heterocycles. The lowest BCUT2D eigenvalue weighted by Gasteiger charge is -2.14.